The Kier molecular flexibility index (Phi) is 3.70. The third kappa shape index (κ3) is 3.36. The summed E-state index contributed by atoms with van der Waals surface area (Å²) in [5, 5.41) is 0. The Morgan fingerprint density at radius 1 is 0.889 bits per heavy atom. The number of benzene rings is 2. The van der Waals surface area contributed by atoms with Crippen molar-refractivity contribution in [3.8, 4) is 0 Å². The molecule has 0 fully saturated rings. The quantitative estimate of drug-likeness (QED) is 0.751. The van der Waals surface area contributed by atoms with E-state index in [4.69, 9.17) is 0 Å². The van der Waals surface area contributed by atoms with Crippen molar-refractivity contribution in [3.63, 3.8) is 0 Å². The molecule has 0 aliphatic carbocycles. The van der Waals surface area contributed by atoms with Crippen LogP contribution in [0.25, 0.3) is 0 Å². The van der Waals surface area contributed by atoms with Crippen LogP contribution in [-0.4, -0.2) is 0 Å². The van der Waals surface area contributed by atoms with Gasteiger partial charge in [-0.2, -0.15) is 13.2 Å². The Hall–Kier alpha value is -1.77. The van der Waals surface area contributed by atoms with Crippen LogP contribution < -0.4 is 0 Å². The van der Waals surface area contributed by atoms with E-state index >= 15 is 0 Å². The van der Waals surface area contributed by atoms with E-state index in [0.717, 1.165) is 11.6 Å². The van der Waals surface area contributed by atoms with E-state index in [2.05, 4.69) is 0 Å². The fourth-order valence-electron chi connectivity index (χ4n) is 1.70. The highest BCUT2D eigenvalue weighted by molar-refractivity contribution is 5.30. The minimum Gasteiger partial charge on any atom is -0.166 e. The molecule has 0 bridgehead atoms. The monoisotopic (exact) mass is 249 g/mol. The smallest absolute Gasteiger partial charge is 0.166 e. The predicted octanol–water partition coefficient (Wildman–Crippen LogP) is 4.50. The van der Waals surface area contributed by atoms with Gasteiger partial charge < -0.3 is 0 Å². The zero-order chi connectivity index (χ0) is 13.0. The van der Waals surface area contributed by atoms with Crippen molar-refractivity contribution in [2.24, 2.45) is 0 Å². The van der Waals surface area contributed by atoms with Crippen LogP contribution in [0, 0.1) is 6.42 Å². The lowest BCUT2D eigenvalue weighted by Gasteiger charge is -2.08. The van der Waals surface area contributed by atoms with Crippen LogP contribution in [0.15, 0.2) is 54.6 Å². The molecule has 0 unspecified atom stereocenters. The van der Waals surface area contributed by atoms with Crippen LogP contribution in [-0.2, 0) is 12.6 Å². The summed E-state index contributed by atoms with van der Waals surface area (Å²) in [4.78, 5) is 0. The Morgan fingerprint density at radius 2 is 1.61 bits per heavy atom. The fourth-order valence-corrected chi connectivity index (χ4v) is 1.70. The molecule has 3 heteroatoms. The van der Waals surface area contributed by atoms with Gasteiger partial charge in [0.15, 0.2) is 0 Å². The highest BCUT2D eigenvalue weighted by Crippen LogP contribution is 2.29. The Labute approximate surface area is 104 Å². The molecule has 0 aliphatic rings. The largest absolute Gasteiger partial charge is 0.416 e. The highest BCUT2D eigenvalue weighted by atomic mass is 19.4. The molecule has 2 aromatic carbocycles. The maximum Gasteiger partial charge on any atom is 0.416 e. The van der Waals surface area contributed by atoms with Gasteiger partial charge in [0.25, 0.3) is 0 Å². The zero-order valence-electron chi connectivity index (χ0n) is 9.61. The lowest BCUT2D eigenvalue weighted by Crippen LogP contribution is -2.05. The molecule has 0 heterocycles. The molecule has 18 heavy (non-hydrogen) atoms. The first kappa shape index (κ1) is 12.7. The molecule has 0 aliphatic heterocycles. The summed E-state index contributed by atoms with van der Waals surface area (Å²) in [6.45, 7) is 0. The molecule has 0 nitrogen and oxygen atoms in total. The van der Waals surface area contributed by atoms with Crippen molar-refractivity contribution in [2.75, 3.05) is 0 Å². The first-order valence-electron chi connectivity index (χ1n) is 5.60. The average Bonchev–Trinajstić information content (AvgIpc) is 2.37. The normalized spacial score (nSPS) is 11.5. The number of hydrogen-bond donors (Lipinski definition) is 0. The molecule has 0 aromatic heterocycles. The Morgan fingerprint density at radius 3 is 2.28 bits per heavy atom. The van der Waals surface area contributed by atoms with Gasteiger partial charge in [-0.25, -0.2) is 0 Å². The van der Waals surface area contributed by atoms with Gasteiger partial charge in [0.2, 0.25) is 0 Å². The molecule has 0 atom stereocenters. The van der Waals surface area contributed by atoms with Gasteiger partial charge in [-0.1, -0.05) is 48.5 Å². The summed E-state index contributed by atoms with van der Waals surface area (Å²) in [7, 11) is 0. The predicted molar refractivity (Wildman–Crippen MR) is 65.0 cm³/mol. The van der Waals surface area contributed by atoms with Gasteiger partial charge in [-0.05, 0) is 30.0 Å². The zero-order valence-corrected chi connectivity index (χ0v) is 9.61. The first-order chi connectivity index (χ1) is 8.55. The van der Waals surface area contributed by atoms with Crippen LogP contribution in [0.2, 0.25) is 0 Å². The molecule has 1 radical (unpaired) electrons. The lowest BCUT2D eigenvalue weighted by molar-refractivity contribution is -0.137. The van der Waals surface area contributed by atoms with E-state index in [0.29, 0.717) is 12.0 Å². The van der Waals surface area contributed by atoms with Crippen molar-refractivity contribution in [1.29, 1.82) is 0 Å². The average molecular weight is 249 g/mol. The van der Waals surface area contributed by atoms with Crippen LogP contribution in [0.5, 0.6) is 0 Å². The molecule has 0 saturated heterocycles. The fraction of sp³-hybridized carbons (Fsp3) is 0.133. The van der Waals surface area contributed by atoms with Crippen molar-refractivity contribution in [3.05, 3.63) is 77.7 Å². The lowest BCUT2D eigenvalue weighted by atomic mass is 10.0. The second kappa shape index (κ2) is 5.25. The summed E-state index contributed by atoms with van der Waals surface area (Å²) in [6.07, 6.45) is -1.87. The van der Waals surface area contributed by atoms with E-state index in [1.54, 1.807) is 6.07 Å². The molecule has 0 amide bonds. The van der Waals surface area contributed by atoms with Crippen LogP contribution >= 0.6 is 0 Å². The summed E-state index contributed by atoms with van der Waals surface area (Å²) < 4.78 is 37.6. The number of alkyl halides is 3. The van der Waals surface area contributed by atoms with E-state index < -0.39 is 11.7 Å². The SMILES string of the molecule is FC(F)(F)c1cccc(C[CH]c2ccccc2)c1. The molecular formula is C15H12F3. The minimum absolute atomic E-state index is 0.494. The standard InChI is InChI=1S/C15H12F3/c16-15(17,18)14-8-4-7-13(11-14)10-9-12-5-2-1-3-6-12/h1-9,11H,10H2. The maximum atomic E-state index is 12.5. The molecule has 93 valence electrons. The van der Waals surface area contributed by atoms with Crippen molar-refractivity contribution >= 4 is 0 Å². The van der Waals surface area contributed by atoms with Gasteiger partial charge >= 0.3 is 6.18 Å². The second-order valence-electron chi connectivity index (χ2n) is 4.02. The topological polar surface area (TPSA) is 0 Å². The van der Waals surface area contributed by atoms with E-state index in [1.807, 2.05) is 36.8 Å². The molecule has 0 N–H and O–H groups in total. The molecule has 2 aromatic rings. The first-order valence-corrected chi connectivity index (χ1v) is 5.60. The maximum absolute atomic E-state index is 12.5. The Balaban J connectivity index is 2.06. The summed E-state index contributed by atoms with van der Waals surface area (Å²) in [6, 6.07) is 15.0. The summed E-state index contributed by atoms with van der Waals surface area (Å²) in [5.74, 6) is 0. The minimum atomic E-state index is -4.28. The van der Waals surface area contributed by atoms with Crippen LogP contribution in [0.3, 0.4) is 0 Å². The van der Waals surface area contributed by atoms with E-state index in [1.165, 1.54) is 12.1 Å². The van der Waals surface area contributed by atoms with Gasteiger partial charge in [-0.15, -0.1) is 0 Å². The van der Waals surface area contributed by atoms with Crippen molar-refractivity contribution in [2.45, 2.75) is 12.6 Å². The van der Waals surface area contributed by atoms with Gasteiger partial charge in [-0.3, -0.25) is 0 Å². The van der Waals surface area contributed by atoms with Crippen molar-refractivity contribution < 1.29 is 13.2 Å². The number of hydrogen-bond acceptors (Lipinski definition) is 0. The molecule has 0 spiro atoms. The Bertz CT molecular complexity index is 501. The van der Waals surface area contributed by atoms with Gasteiger partial charge in [0, 0.05) is 0 Å². The highest BCUT2D eigenvalue weighted by Gasteiger charge is 2.30. The molecular weight excluding hydrogens is 237 g/mol. The third-order valence-electron chi connectivity index (χ3n) is 2.63. The van der Waals surface area contributed by atoms with E-state index in [9.17, 15) is 13.2 Å². The van der Waals surface area contributed by atoms with E-state index in [-0.39, 0.29) is 0 Å². The number of halogens is 3. The molecule has 0 saturated carbocycles. The number of rotatable bonds is 3. The van der Waals surface area contributed by atoms with Gasteiger partial charge in [0.1, 0.15) is 0 Å². The third-order valence-corrected chi connectivity index (χ3v) is 2.63. The van der Waals surface area contributed by atoms with Crippen LogP contribution in [0.1, 0.15) is 16.7 Å². The van der Waals surface area contributed by atoms with Gasteiger partial charge in [0.05, 0.1) is 5.56 Å². The molecule has 2 rings (SSSR count). The van der Waals surface area contributed by atoms with Crippen LogP contribution in [0.4, 0.5) is 13.2 Å². The second-order valence-corrected chi connectivity index (χ2v) is 4.02. The van der Waals surface area contributed by atoms with Crippen molar-refractivity contribution in [1.82, 2.24) is 0 Å². The summed E-state index contributed by atoms with van der Waals surface area (Å²) >= 11 is 0. The summed E-state index contributed by atoms with van der Waals surface area (Å²) in [5.41, 5.74) is 1.07.